The fourth-order valence-corrected chi connectivity index (χ4v) is 3.62. The molecule has 1 N–H and O–H groups in total. The largest absolute Gasteiger partial charge is 0.481 e. The number of piperidine rings is 1. The van der Waals surface area contributed by atoms with Crippen LogP contribution in [0.1, 0.15) is 51.4 Å². The first-order valence-corrected chi connectivity index (χ1v) is 8.73. The quantitative estimate of drug-likeness (QED) is 0.867. The van der Waals surface area contributed by atoms with E-state index in [0.29, 0.717) is 11.9 Å². The first kappa shape index (κ1) is 15.5. The van der Waals surface area contributed by atoms with Gasteiger partial charge in [-0.1, -0.05) is 25.7 Å². The molecule has 1 aromatic heterocycles. The highest BCUT2D eigenvalue weighted by atomic mass is 16.5. The van der Waals surface area contributed by atoms with Crippen molar-refractivity contribution in [2.75, 3.05) is 25.1 Å². The van der Waals surface area contributed by atoms with Gasteiger partial charge < -0.3 is 15.0 Å². The predicted molar refractivity (Wildman–Crippen MR) is 88.4 cm³/mol. The number of nitrogens with zero attached hydrogens (tertiary/aromatic N) is 3. The van der Waals surface area contributed by atoms with Gasteiger partial charge in [-0.05, 0) is 25.7 Å². The summed E-state index contributed by atoms with van der Waals surface area (Å²) in [6.45, 7) is 2.05. The van der Waals surface area contributed by atoms with Crippen LogP contribution < -0.4 is 15.0 Å². The molecule has 0 aromatic carbocycles. The number of aromatic nitrogens is 2. The highest BCUT2D eigenvalue weighted by molar-refractivity contribution is 5.32. The van der Waals surface area contributed by atoms with Crippen LogP contribution in [-0.4, -0.2) is 42.3 Å². The van der Waals surface area contributed by atoms with E-state index >= 15 is 0 Å². The normalized spacial score (nSPS) is 21.6. The lowest BCUT2D eigenvalue weighted by Gasteiger charge is -2.34. The molecule has 0 bridgehead atoms. The molecule has 0 atom stereocenters. The Morgan fingerprint density at radius 2 is 1.73 bits per heavy atom. The standard InChI is InChI=1S/C17H28N4O/c1-22-16-8-11-18-17(20-16)21-12-9-15(10-13-21)19-14-6-4-2-3-5-7-14/h8,11,14-15,19H,2-7,9-10,12-13H2,1H3. The van der Waals surface area contributed by atoms with E-state index in [1.165, 1.54) is 51.4 Å². The van der Waals surface area contributed by atoms with E-state index in [1.807, 2.05) is 0 Å². The van der Waals surface area contributed by atoms with Crippen molar-refractivity contribution in [2.24, 2.45) is 0 Å². The van der Waals surface area contributed by atoms with Gasteiger partial charge in [-0.3, -0.25) is 0 Å². The zero-order valence-corrected chi connectivity index (χ0v) is 13.6. The predicted octanol–water partition coefficient (Wildman–Crippen LogP) is 2.77. The molecule has 5 heteroatoms. The van der Waals surface area contributed by atoms with Crippen molar-refractivity contribution in [1.82, 2.24) is 15.3 Å². The van der Waals surface area contributed by atoms with Crippen LogP contribution in [-0.2, 0) is 0 Å². The number of rotatable bonds is 4. The molecule has 1 saturated heterocycles. The van der Waals surface area contributed by atoms with Gasteiger partial charge in [0, 0.05) is 37.4 Å². The van der Waals surface area contributed by atoms with Crippen molar-refractivity contribution >= 4 is 5.95 Å². The van der Waals surface area contributed by atoms with Crippen molar-refractivity contribution in [3.8, 4) is 5.88 Å². The number of hydrogen-bond donors (Lipinski definition) is 1. The molecule has 0 radical (unpaired) electrons. The number of ether oxygens (including phenoxy) is 1. The number of nitrogens with one attached hydrogen (secondary N) is 1. The SMILES string of the molecule is COc1ccnc(N2CCC(NC3CCCCCC3)CC2)n1. The van der Waals surface area contributed by atoms with Crippen molar-refractivity contribution in [1.29, 1.82) is 0 Å². The molecule has 5 nitrogen and oxygen atoms in total. The Bertz CT molecular complexity index is 452. The van der Waals surface area contributed by atoms with Gasteiger partial charge in [-0.15, -0.1) is 0 Å². The van der Waals surface area contributed by atoms with Crippen molar-refractivity contribution < 1.29 is 4.74 Å². The molecule has 0 unspecified atom stereocenters. The maximum absolute atomic E-state index is 5.19. The van der Waals surface area contributed by atoms with E-state index in [1.54, 1.807) is 19.4 Å². The summed E-state index contributed by atoms with van der Waals surface area (Å²) >= 11 is 0. The third kappa shape index (κ3) is 4.09. The van der Waals surface area contributed by atoms with E-state index in [0.717, 1.165) is 25.1 Å². The Hall–Kier alpha value is -1.36. The molecule has 2 heterocycles. The lowest BCUT2D eigenvalue weighted by Crippen LogP contribution is -2.46. The zero-order valence-electron chi connectivity index (χ0n) is 13.6. The summed E-state index contributed by atoms with van der Waals surface area (Å²) < 4.78 is 5.19. The second kappa shape index (κ2) is 7.77. The number of methoxy groups -OCH3 is 1. The second-order valence-electron chi connectivity index (χ2n) is 6.52. The Morgan fingerprint density at radius 3 is 2.41 bits per heavy atom. The maximum Gasteiger partial charge on any atom is 0.228 e. The van der Waals surface area contributed by atoms with E-state index in [-0.39, 0.29) is 0 Å². The van der Waals surface area contributed by atoms with Crippen LogP contribution in [0.4, 0.5) is 5.95 Å². The molecule has 1 aromatic rings. The lowest BCUT2D eigenvalue weighted by atomic mass is 10.0. The molecular formula is C17H28N4O. The van der Waals surface area contributed by atoms with Crippen LogP contribution >= 0.6 is 0 Å². The van der Waals surface area contributed by atoms with Crippen LogP contribution in [0.25, 0.3) is 0 Å². The van der Waals surface area contributed by atoms with Gasteiger partial charge in [0.1, 0.15) is 0 Å². The van der Waals surface area contributed by atoms with E-state index < -0.39 is 0 Å². The van der Waals surface area contributed by atoms with Gasteiger partial charge in [0.2, 0.25) is 11.8 Å². The number of anilines is 1. The van der Waals surface area contributed by atoms with E-state index in [9.17, 15) is 0 Å². The maximum atomic E-state index is 5.19. The molecule has 1 aliphatic heterocycles. The summed E-state index contributed by atoms with van der Waals surface area (Å²) in [5, 5.41) is 3.90. The fourth-order valence-electron chi connectivity index (χ4n) is 3.62. The van der Waals surface area contributed by atoms with Gasteiger partial charge in [0.25, 0.3) is 0 Å². The molecule has 2 fully saturated rings. The second-order valence-corrected chi connectivity index (χ2v) is 6.52. The molecule has 0 spiro atoms. The Balaban J connectivity index is 1.49. The molecule has 22 heavy (non-hydrogen) atoms. The summed E-state index contributed by atoms with van der Waals surface area (Å²) in [7, 11) is 1.65. The summed E-state index contributed by atoms with van der Waals surface area (Å²) in [5.41, 5.74) is 0. The monoisotopic (exact) mass is 304 g/mol. The van der Waals surface area contributed by atoms with Crippen molar-refractivity contribution in [2.45, 2.75) is 63.5 Å². The Kier molecular flexibility index (Phi) is 5.48. The molecule has 2 aliphatic rings. The highest BCUT2D eigenvalue weighted by Gasteiger charge is 2.23. The lowest BCUT2D eigenvalue weighted by molar-refractivity contribution is 0.343. The third-order valence-corrected chi connectivity index (χ3v) is 4.93. The zero-order chi connectivity index (χ0) is 15.2. The Labute approximate surface area is 133 Å². The van der Waals surface area contributed by atoms with Crippen LogP contribution in [0.15, 0.2) is 12.3 Å². The average Bonchev–Trinajstić information content (AvgIpc) is 2.84. The topological polar surface area (TPSA) is 50.3 Å². The first-order chi connectivity index (χ1) is 10.8. The molecular weight excluding hydrogens is 276 g/mol. The van der Waals surface area contributed by atoms with Crippen molar-refractivity contribution in [3.63, 3.8) is 0 Å². The minimum atomic E-state index is 0.642. The van der Waals surface area contributed by atoms with Crippen LogP contribution in [0.3, 0.4) is 0 Å². The van der Waals surface area contributed by atoms with E-state index in [2.05, 4.69) is 20.2 Å². The minimum Gasteiger partial charge on any atom is -0.481 e. The van der Waals surface area contributed by atoms with Gasteiger partial charge in [-0.2, -0.15) is 4.98 Å². The summed E-state index contributed by atoms with van der Waals surface area (Å²) in [4.78, 5) is 11.1. The fraction of sp³-hybridized carbons (Fsp3) is 0.765. The van der Waals surface area contributed by atoms with Crippen LogP contribution in [0.5, 0.6) is 5.88 Å². The van der Waals surface area contributed by atoms with E-state index in [4.69, 9.17) is 4.74 Å². The van der Waals surface area contributed by atoms with Gasteiger partial charge in [0.05, 0.1) is 7.11 Å². The van der Waals surface area contributed by atoms with Crippen molar-refractivity contribution in [3.05, 3.63) is 12.3 Å². The molecule has 3 rings (SSSR count). The Morgan fingerprint density at radius 1 is 1.05 bits per heavy atom. The summed E-state index contributed by atoms with van der Waals surface area (Å²) in [6.07, 6.45) is 12.5. The smallest absolute Gasteiger partial charge is 0.228 e. The molecule has 1 aliphatic carbocycles. The minimum absolute atomic E-state index is 0.642. The molecule has 122 valence electrons. The molecule has 1 saturated carbocycles. The van der Waals surface area contributed by atoms with Gasteiger partial charge >= 0.3 is 0 Å². The van der Waals surface area contributed by atoms with Gasteiger partial charge in [-0.25, -0.2) is 4.98 Å². The summed E-state index contributed by atoms with van der Waals surface area (Å²) in [5.74, 6) is 1.44. The average molecular weight is 304 g/mol. The first-order valence-electron chi connectivity index (χ1n) is 8.73. The third-order valence-electron chi connectivity index (χ3n) is 4.93. The van der Waals surface area contributed by atoms with Crippen LogP contribution in [0.2, 0.25) is 0 Å². The van der Waals surface area contributed by atoms with Gasteiger partial charge in [0.15, 0.2) is 0 Å². The molecule has 0 amide bonds. The highest BCUT2D eigenvalue weighted by Crippen LogP contribution is 2.21. The van der Waals surface area contributed by atoms with Crippen LogP contribution in [0, 0.1) is 0 Å². The summed E-state index contributed by atoms with van der Waals surface area (Å²) in [6, 6.07) is 3.20. The number of hydrogen-bond acceptors (Lipinski definition) is 5.